The first-order valence-electron chi connectivity index (χ1n) is 7.25. The van der Waals surface area contributed by atoms with Gasteiger partial charge in [0.05, 0.1) is 17.4 Å². The van der Waals surface area contributed by atoms with Crippen LogP contribution in [-0.4, -0.2) is 23.8 Å². The SMILES string of the molecule is O=C(NCC1CCCC(O)C1)Nc1ccccc1C(F)(F)F. The minimum Gasteiger partial charge on any atom is -0.393 e. The zero-order valence-electron chi connectivity index (χ0n) is 12.0. The zero-order valence-corrected chi connectivity index (χ0v) is 12.0. The highest BCUT2D eigenvalue weighted by Gasteiger charge is 2.33. The Balaban J connectivity index is 1.90. The number of carbonyl (C=O) groups excluding carboxylic acids is 1. The number of rotatable bonds is 3. The van der Waals surface area contributed by atoms with Gasteiger partial charge in [-0.3, -0.25) is 0 Å². The molecule has 1 aromatic rings. The van der Waals surface area contributed by atoms with E-state index in [2.05, 4.69) is 10.6 Å². The van der Waals surface area contributed by atoms with Crippen molar-refractivity contribution in [1.82, 2.24) is 5.32 Å². The van der Waals surface area contributed by atoms with Crippen LogP contribution in [0.1, 0.15) is 31.2 Å². The molecule has 2 amide bonds. The molecule has 4 nitrogen and oxygen atoms in total. The lowest BCUT2D eigenvalue weighted by Crippen LogP contribution is -2.36. The second-order valence-electron chi connectivity index (χ2n) is 5.56. The van der Waals surface area contributed by atoms with Gasteiger partial charge in [-0.05, 0) is 37.3 Å². The molecule has 2 atom stereocenters. The van der Waals surface area contributed by atoms with E-state index >= 15 is 0 Å². The van der Waals surface area contributed by atoms with Crippen LogP contribution in [0.25, 0.3) is 0 Å². The van der Waals surface area contributed by atoms with Crippen LogP contribution < -0.4 is 10.6 Å². The summed E-state index contributed by atoms with van der Waals surface area (Å²) in [7, 11) is 0. The zero-order chi connectivity index (χ0) is 16.2. The molecule has 0 aliphatic heterocycles. The van der Waals surface area contributed by atoms with E-state index in [4.69, 9.17) is 0 Å². The summed E-state index contributed by atoms with van der Waals surface area (Å²) in [5.74, 6) is 0.160. The third kappa shape index (κ3) is 4.62. The van der Waals surface area contributed by atoms with Gasteiger partial charge in [-0.15, -0.1) is 0 Å². The minimum atomic E-state index is -4.52. The third-order valence-electron chi connectivity index (χ3n) is 3.79. The van der Waals surface area contributed by atoms with E-state index in [9.17, 15) is 23.1 Å². The second kappa shape index (κ2) is 7.00. The molecule has 1 aliphatic rings. The molecule has 0 spiro atoms. The molecule has 2 unspecified atom stereocenters. The van der Waals surface area contributed by atoms with Crippen molar-refractivity contribution in [3.05, 3.63) is 29.8 Å². The van der Waals surface area contributed by atoms with Gasteiger partial charge in [0.2, 0.25) is 0 Å². The number of hydrogen-bond donors (Lipinski definition) is 3. The quantitative estimate of drug-likeness (QED) is 0.800. The van der Waals surface area contributed by atoms with Gasteiger partial charge >= 0.3 is 12.2 Å². The van der Waals surface area contributed by atoms with E-state index in [0.29, 0.717) is 13.0 Å². The van der Waals surface area contributed by atoms with Crippen molar-refractivity contribution < 1.29 is 23.1 Å². The first-order valence-corrected chi connectivity index (χ1v) is 7.25. The topological polar surface area (TPSA) is 61.4 Å². The van der Waals surface area contributed by atoms with Crippen molar-refractivity contribution in [1.29, 1.82) is 0 Å². The van der Waals surface area contributed by atoms with Gasteiger partial charge in [-0.2, -0.15) is 13.2 Å². The summed E-state index contributed by atoms with van der Waals surface area (Å²) in [5, 5.41) is 14.4. The molecule has 1 aromatic carbocycles. The Kier molecular flexibility index (Phi) is 5.28. The van der Waals surface area contributed by atoms with Crippen LogP contribution in [-0.2, 0) is 6.18 Å². The van der Waals surface area contributed by atoms with Crippen LogP contribution in [0.4, 0.5) is 23.7 Å². The molecule has 1 fully saturated rings. The number of aliphatic hydroxyl groups excluding tert-OH is 1. The molecular weight excluding hydrogens is 297 g/mol. The fourth-order valence-corrected chi connectivity index (χ4v) is 2.69. The molecule has 0 saturated heterocycles. The van der Waals surface area contributed by atoms with Crippen molar-refractivity contribution >= 4 is 11.7 Å². The van der Waals surface area contributed by atoms with Crippen molar-refractivity contribution in [3.63, 3.8) is 0 Å². The molecule has 0 aromatic heterocycles. The Morgan fingerprint density at radius 1 is 1.27 bits per heavy atom. The van der Waals surface area contributed by atoms with E-state index in [1.807, 2.05) is 0 Å². The summed E-state index contributed by atoms with van der Waals surface area (Å²) in [6.45, 7) is 0.344. The summed E-state index contributed by atoms with van der Waals surface area (Å²) in [4.78, 5) is 11.8. The van der Waals surface area contributed by atoms with Gasteiger partial charge in [0.1, 0.15) is 0 Å². The smallest absolute Gasteiger partial charge is 0.393 e. The summed E-state index contributed by atoms with van der Waals surface area (Å²) in [6, 6.07) is 4.18. The van der Waals surface area contributed by atoms with Gasteiger partial charge in [0.25, 0.3) is 0 Å². The van der Waals surface area contributed by atoms with Crippen LogP contribution in [0.2, 0.25) is 0 Å². The van der Waals surface area contributed by atoms with Gasteiger partial charge < -0.3 is 15.7 Å². The monoisotopic (exact) mass is 316 g/mol. The highest BCUT2D eigenvalue weighted by atomic mass is 19.4. The molecule has 2 rings (SSSR count). The Labute approximate surface area is 126 Å². The number of urea groups is 1. The first-order chi connectivity index (χ1) is 10.4. The maximum atomic E-state index is 12.8. The molecule has 1 aliphatic carbocycles. The number of benzene rings is 1. The summed E-state index contributed by atoms with van der Waals surface area (Å²) >= 11 is 0. The highest BCUT2D eigenvalue weighted by molar-refractivity contribution is 5.90. The average molecular weight is 316 g/mol. The number of hydrogen-bond acceptors (Lipinski definition) is 2. The van der Waals surface area contributed by atoms with Gasteiger partial charge in [-0.1, -0.05) is 18.6 Å². The number of amides is 2. The fraction of sp³-hybridized carbons (Fsp3) is 0.533. The Morgan fingerprint density at radius 2 is 2.00 bits per heavy atom. The summed E-state index contributed by atoms with van der Waals surface area (Å²) in [5.41, 5.74) is -1.14. The fourth-order valence-electron chi connectivity index (χ4n) is 2.69. The normalized spacial score (nSPS) is 22.2. The average Bonchev–Trinajstić information content (AvgIpc) is 2.45. The molecule has 0 radical (unpaired) electrons. The molecule has 0 bridgehead atoms. The molecular formula is C15H19F3N2O2. The van der Waals surface area contributed by atoms with Crippen molar-refractivity contribution in [3.8, 4) is 0 Å². The maximum Gasteiger partial charge on any atom is 0.418 e. The van der Waals surface area contributed by atoms with E-state index < -0.39 is 17.8 Å². The van der Waals surface area contributed by atoms with Crippen molar-refractivity contribution in [2.75, 3.05) is 11.9 Å². The van der Waals surface area contributed by atoms with Crippen molar-refractivity contribution in [2.45, 2.75) is 38.0 Å². The first kappa shape index (κ1) is 16.6. The van der Waals surface area contributed by atoms with E-state index in [1.54, 1.807) is 0 Å². The number of halogens is 3. The van der Waals surface area contributed by atoms with E-state index in [0.717, 1.165) is 25.3 Å². The van der Waals surface area contributed by atoms with Crippen LogP contribution in [0.15, 0.2) is 24.3 Å². The van der Waals surface area contributed by atoms with Gasteiger partial charge in [0, 0.05) is 6.54 Å². The largest absolute Gasteiger partial charge is 0.418 e. The third-order valence-corrected chi connectivity index (χ3v) is 3.79. The molecule has 122 valence electrons. The molecule has 1 saturated carbocycles. The second-order valence-corrected chi connectivity index (χ2v) is 5.56. The molecule has 7 heteroatoms. The lowest BCUT2D eigenvalue weighted by Gasteiger charge is -2.26. The number of nitrogens with one attached hydrogen (secondary N) is 2. The maximum absolute atomic E-state index is 12.8. The van der Waals surface area contributed by atoms with Crippen LogP contribution in [0.5, 0.6) is 0 Å². The number of alkyl halides is 3. The van der Waals surface area contributed by atoms with Crippen LogP contribution in [0, 0.1) is 5.92 Å². The predicted molar refractivity (Wildman–Crippen MR) is 76.4 cm³/mol. The van der Waals surface area contributed by atoms with Crippen LogP contribution in [0.3, 0.4) is 0 Å². The van der Waals surface area contributed by atoms with Crippen LogP contribution >= 0.6 is 0 Å². The summed E-state index contributed by atoms with van der Waals surface area (Å²) in [6.07, 6.45) is -1.70. The number of para-hydroxylation sites is 1. The Hall–Kier alpha value is -1.76. The molecule has 0 heterocycles. The number of aliphatic hydroxyl groups is 1. The van der Waals surface area contributed by atoms with E-state index in [1.165, 1.54) is 18.2 Å². The molecule has 3 N–H and O–H groups in total. The minimum absolute atomic E-state index is 0.160. The number of carbonyl (C=O) groups is 1. The Morgan fingerprint density at radius 3 is 2.68 bits per heavy atom. The van der Waals surface area contributed by atoms with E-state index in [-0.39, 0.29) is 17.7 Å². The predicted octanol–water partition coefficient (Wildman–Crippen LogP) is 3.38. The standard InChI is InChI=1S/C15H19F3N2O2/c16-15(17,18)12-6-1-2-7-13(12)20-14(22)19-9-10-4-3-5-11(21)8-10/h1-2,6-7,10-11,21H,3-5,8-9H2,(H2,19,20,22). The lowest BCUT2D eigenvalue weighted by atomic mass is 9.87. The lowest BCUT2D eigenvalue weighted by molar-refractivity contribution is -0.136. The van der Waals surface area contributed by atoms with Gasteiger partial charge in [0.15, 0.2) is 0 Å². The summed E-state index contributed by atoms with van der Waals surface area (Å²) < 4.78 is 38.5. The number of anilines is 1. The van der Waals surface area contributed by atoms with Crippen molar-refractivity contribution in [2.24, 2.45) is 5.92 Å². The Bertz CT molecular complexity index is 520. The van der Waals surface area contributed by atoms with Gasteiger partial charge in [-0.25, -0.2) is 4.79 Å². The molecule has 22 heavy (non-hydrogen) atoms. The highest BCUT2D eigenvalue weighted by Crippen LogP contribution is 2.34.